The molecule has 0 atom stereocenters. The van der Waals surface area contributed by atoms with Crippen LogP contribution in [0.1, 0.15) is 46.1 Å². The van der Waals surface area contributed by atoms with E-state index in [1.54, 1.807) is 23.6 Å². The van der Waals surface area contributed by atoms with Crippen LogP contribution in [0, 0.1) is 6.92 Å². The smallest absolute Gasteiger partial charge is 0.349 e. The molecule has 32 heavy (non-hydrogen) atoms. The number of furan rings is 1. The van der Waals surface area contributed by atoms with Crippen LogP contribution in [0.25, 0.3) is 10.2 Å². The van der Waals surface area contributed by atoms with Gasteiger partial charge in [-0.05, 0) is 37.5 Å². The molecule has 1 aliphatic rings. The van der Waals surface area contributed by atoms with Gasteiger partial charge in [-0.1, -0.05) is 6.42 Å². The van der Waals surface area contributed by atoms with Gasteiger partial charge in [0.15, 0.2) is 6.61 Å². The van der Waals surface area contributed by atoms with Gasteiger partial charge in [-0.25, -0.2) is 14.6 Å². The predicted molar refractivity (Wildman–Crippen MR) is 116 cm³/mol. The lowest BCUT2D eigenvalue weighted by molar-refractivity contribution is -0.123. The van der Waals surface area contributed by atoms with E-state index in [9.17, 15) is 19.2 Å². The summed E-state index contributed by atoms with van der Waals surface area (Å²) in [4.78, 5) is 54.5. The maximum atomic E-state index is 13.0. The van der Waals surface area contributed by atoms with Gasteiger partial charge in [0.1, 0.15) is 21.3 Å². The van der Waals surface area contributed by atoms with Crippen molar-refractivity contribution >= 4 is 39.5 Å². The summed E-state index contributed by atoms with van der Waals surface area (Å²) in [7, 11) is 0. The van der Waals surface area contributed by atoms with E-state index in [0.717, 1.165) is 42.8 Å². The number of rotatable bonds is 5. The molecule has 0 bridgehead atoms. The van der Waals surface area contributed by atoms with Gasteiger partial charge >= 0.3 is 12.0 Å². The molecule has 3 aromatic rings. The highest BCUT2D eigenvalue weighted by molar-refractivity contribution is 7.20. The second kappa shape index (κ2) is 9.35. The van der Waals surface area contributed by atoms with Crippen molar-refractivity contribution in [2.24, 2.45) is 0 Å². The van der Waals surface area contributed by atoms with Gasteiger partial charge in [-0.2, -0.15) is 0 Å². The zero-order chi connectivity index (χ0) is 22.7. The van der Waals surface area contributed by atoms with Crippen molar-refractivity contribution in [1.29, 1.82) is 0 Å². The molecule has 4 heterocycles. The van der Waals surface area contributed by atoms with Gasteiger partial charge in [0.25, 0.3) is 11.5 Å². The number of nitrogens with one attached hydrogen (secondary N) is 2. The van der Waals surface area contributed by atoms with Crippen molar-refractivity contribution in [3.8, 4) is 0 Å². The lowest BCUT2D eigenvalue weighted by atomic mass is 10.2. The first-order chi connectivity index (χ1) is 15.4. The first kappa shape index (κ1) is 21.8. The molecule has 3 amide bonds. The Morgan fingerprint density at radius 2 is 2.12 bits per heavy atom. The minimum atomic E-state index is -0.779. The summed E-state index contributed by atoms with van der Waals surface area (Å²) in [6.45, 7) is 1.77. The number of esters is 1. The van der Waals surface area contributed by atoms with Gasteiger partial charge < -0.3 is 14.5 Å². The van der Waals surface area contributed by atoms with Crippen LogP contribution in [0.5, 0.6) is 0 Å². The van der Waals surface area contributed by atoms with E-state index in [0.29, 0.717) is 28.1 Å². The van der Waals surface area contributed by atoms with Crippen LogP contribution in [0.2, 0.25) is 0 Å². The Morgan fingerprint density at radius 3 is 2.91 bits per heavy atom. The Bertz CT molecular complexity index is 1230. The molecule has 10 nitrogen and oxygen atoms in total. The second-order valence-corrected chi connectivity index (χ2v) is 8.42. The lowest BCUT2D eigenvalue weighted by Gasteiger charge is -2.08. The van der Waals surface area contributed by atoms with Crippen molar-refractivity contribution in [2.75, 3.05) is 6.61 Å². The number of imide groups is 1. The third-order valence-electron chi connectivity index (χ3n) is 5.19. The second-order valence-electron chi connectivity index (χ2n) is 7.42. The van der Waals surface area contributed by atoms with Crippen LogP contribution in [0.3, 0.4) is 0 Å². The van der Waals surface area contributed by atoms with Crippen LogP contribution in [0.15, 0.2) is 27.6 Å². The zero-order valence-corrected chi connectivity index (χ0v) is 18.3. The summed E-state index contributed by atoms with van der Waals surface area (Å²) < 4.78 is 11.8. The van der Waals surface area contributed by atoms with Crippen LogP contribution in [0.4, 0.5) is 4.79 Å². The summed E-state index contributed by atoms with van der Waals surface area (Å²) >= 11 is 1.08. The van der Waals surface area contributed by atoms with Gasteiger partial charge in [0.2, 0.25) is 0 Å². The van der Waals surface area contributed by atoms with Gasteiger partial charge in [0.05, 0.1) is 18.2 Å². The SMILES string of the molecule is Cc1c(C(=O)OCC(=O)NC(=O)NCc2ccco2)sc2nc3n(c(=O)c12)CCCCC3. The third kappa shape index (κ3) is 4.57. The average molecular weight is 458 g/mol. The average Bonchev–Trinajstić information content (AvgIpc) is 3.32. The standard InChI is InChI=1S/C21H22N4O6S/c1-12-16-18(23-14-7-3-2-4-8-25(14)19(16)27)32-17(12)20(28)31-11-15(26)24-21(29)22-10-13-6-5-9-30-13/h5-6,9H,2-4,7-8,10-11H2,1H3,(H2,22,24,26,29). The van der Waals surface area contributed by atoms with Gasteiger partial charge in [0, 0.05) is 13.0 Å². The Labute approximate surface area is 186 Å². The van der Waals surface area contributed by atoms with Crippen LogP contribution < -0.4 is 16.2 Å². The first-order valence-corrected chi connectivity index (χ1v) is 11.1. The van der Waals surface area contributed by atoms with E-state index in [-0.39, 0.29) is 17.0 Å². The molecular formula is C21H22N4O6S. The zero-order valence-electron chi connectivity index (χ0n) is 17.4. The topological polar surface area (TPSA) is 133 Å². The minimum absolute atomic E-state index is 0.111. The predicted octanol–water partition coefficient (Wildman–Crippen LogP) is 2.27. The van der Waals surface area contributed by atoms with E-state index >= 15 is 0 Å². The van der Waals surface area contributed by atoms with E-state index in [1.165, 1.54) is 6.26 Å². The highest BCUT2D eigenvalue weighted by Gasteiger charge is 2.23. The molecule has 0 spiro atoms. The van der Waals surface area contributed by atoms with Crippen LogP contribution >= 0.6 is 11.3 Å². The number of carbonyl (C=O) groups excluding carboxylic acids is 3. The largest absolute Gasteiger partial charge is 0.467 e. The molecule has 11 heteroatoms. The number of aromatic nitrogens is 2. The monoisotopic (exact) mass is 458 g/mol. The molecule has 1 aliphatic heterocycles. The van der Waals surface area contributed by atoms with Crippen molar-refractivity contribution < 1.29 is 23.5 Å². The summed E-state index contributed by atoms with van der Waals surface area (Å²) in [5.41, 5.74) is 0.342. The summed E-state index contributed by atoms with van der Waals surface area (Å²) in [5.74, 6) is -0.252. The van der Waals surface area contributed by atoms with E-state index in [2.05, 4.69) is 15.6 Å². The van der Waals surface area contributed by atoms with Crippen molar-refractivity contribution in [3.63, 3.8) is 0 Å². The minimum Gasteiger partial charge on any atom is -0.467 e. The molecule has 0 fully saturated rings. The molecular weight excluding hydrogens is 436 g/mol. The Morgan fingerprint density at radius 1 is 1.28 bits per heavy atom. The quantitative estimate of drug-likeness (QED) is 0.561. The van der Waals surface area contributed by atoms with Crippen LogP contribution in [-0.4, -0.2) is 34.1 Å². The molecule has 3 aromatic heterocycles. The lowest BCUT2D eigenvalue weighted by Crippen LogP contribution is -2.41. The molecule has 0 unspecified atom stereocenters. The fourth-order valence-electron chi connectivity index (χ4n) is 3.59. The van der Waals surface area contributed by atoms with E-state index in [4.69, 9.17) is 9.15 Å². The Balaban J connectivity index is 1.40. The molecule has 0 aromatic carbocycles. The number of thiophene rings is 1. The number of fused-ring (bicyclic) bond motifs is 2. The first-order valence-electron chi connectivity index (χ1n) is 10.2. The van der Waals surface area contributed by atoms with E-state index < -0.39 is 24.5 Å². The van der Waals surface area contributed by atoms with Crippen molar-refractivity contribution in [1.82, 2.24) is 20.2 Å². The molecule has 0 saturated carbocycles. The molecule has 0 radical (unpaired) electrons. The number of amides is 3. The van der Waals surface area contributed by atoms with Gasteiger partial charge in [-0.15, -0.1) is 11.3 Å². The van der Waals surface area contributed by atoms with Crippen molar-refractivity contribution in [2.45, 2.75) is 45.7 Å². The number of nitrogens with zero attached hydrogens (tertiary/aromatic N) is 2. The summed E-state index contributed by atoms with van der Waals surface area (Å²) in [6, 6.07) is 2.62. The Hall–Kier alpha value is -3.47. The maximum absolute atomic E-state index is 13.0. The molecule has 168 valence electrons. The van der Waals surface area contributed by atoms with Crippen LogP contribution in [-0.2, 0) is 29.0 Å². The number of hydrogen-bond donors (Lipinski definition) is 2. The maximum Gasteiger partial charge on any atom is 0.349 e. The normalized spacial score (nSPS) is 13.3. The number of urea groups is 1. The molecule has 0 saturated heterocycles. The highest BCUT2D eigenvalue weighted by atomic mass is 32.1. The molecule has 4 rings (SSSR count). The fraction of sp³-hybridized carbons (Fsp3) is 0.381. The Kier molecular flexibility index (Phi) is 6.35. The van der Waals surface area contributed by atoms with Crippen molar-refractivity contribution in [3.05, 3.63) is 50.8 Å². The molecule has 2 N–H and O–H groups in total. The number of aryl methyl sites for hydroxylation is 2. The molecule has 0 aliphatic carbocycles. The highest BCUT2D eigenvalue weighted by Crippen LogP contribution is 2.28. The van der Waals surface area contributed by atoms with Gasteiger partial charge in [-0.3, -0.25) is 19.5 Å². The summed E-state index contributed by atoms with van der Waals surface area (Å²) in [6.07, 6.45) is 5.14. The number of hydrogen-bond acceptors (Lipinski definition) is 8. The summed E-state index contributed by atoms with van der Waals surface area (Å²) in [5, 5.41) is 4.93. The fourth-order valence-corrected chi connectivity index (χ4v) is 4.67. The number of ether oxygens (including phenoxy) is 1. The third-order valence-corrected chi connectivity index (χ3v) is 6.35. The number of carbonyl (C=O) groups is 3. The van der Waals surface area contributed by atoms with E-state index in [1.807, 2.05) is 0 Å².